The molecule has 0 N–H and O–H groups in total. The Bertz CT molecular complexity index is 790. The van der Waals surface area contributed by atoms with E-state index in [-0.39, 0.29) is 24.2 Å². The molecule has 2 aromatic rings. The normalized spacial score (nSPS) is 13.4. The second-order valence-corrected chi connectivity index (χ2v) is 8.73. The van der Waals surface area contributed by atoms with E-state index in [1.54, 1.807) is 16.2 Å². The summed E-state index contributed by atoms with van der Waals surface area (Å²) in [4.78, 5) is 28.3. The van der Waals surface area contributed by atoms with Gasteiger partial charge in [0.05, 0.1) is 5.75 Å². The molecular formula is C18H18BrNO3S2. The number of amides is 1. The Labute approximate surface area is 163 Å². The van der Waals surface area contributed by atoms with Crippen molar-refractivity contribution in [3.05, 3.63) is 50.1 Å². The zero-order valence-electron chi connectivity index (χ0n) is 13.8. The molecule has 1 aliphatic heterocycles. The molecule has 0 fully saturated rings. The van der Waals surface area contributed by atoms with Crippen molar-refractivity contribution in [3.63, 3.8) is 0 Å². The minimum absolute atomic E-state index is 0.130. The lowest BCUT2D eigenvalue weighted by molar-refractivity contribution is -0.150. The Kier molecular flexibility index (Phi) is 6.19. The van der Waals surface area contributed by atoms with E-state index in [1.165, 1.54) is 22.2 Å². The third-order valence-electron chi connectivity index (χ3n) is 4.00. The van der Waals surface area contributed by atoms with Crippen molar-refractivity contribution in [2.75, 3.05) is 18.9 Å². The first-order valence-electron chi connectivity index (χ1n) is 7.90. The minimum Gasteiger partial charge on any atom is -0.455 e. The fourth-order valence-corrected chi connectivity index (χ4v) is 4.82. The van der Waals surface area contributed by atoms with Gasteiger partial charge in [-0.3, -0.25) is 9.59 Å². The van der Waals surface area contributed by atoms with Crippen molar-refractivity contribution in [3.8, 4) is 0 Å². The quantitative estimate of drug-likeness (QED) is 0.520. The summed E-state index contributed by atoms with van der Waals surface area (Å²) in [5, 5.41) is 2.06. The molecule has 0 spiro atoms. The lowest BCUT2D eigenvalue weighted by Gasteiger charge is -2.26. The van der Waals surface area contributed by atoms with Crippen LogP contribution < -0.4 is 0 Å². The van der Waals surface area contributed by atoms with Gasteiger partial charge in [0.1, 0.15) is 0 Å². The summed E-state index contributed by atoms with van der Waals surface area (Å²) < 4.78 is 6.17. The highest BCUT2D eigenvalue weighted by molar-refractivity contribution is 9.10. The highest BCUT2D eigenvalue weighted by atomic mass is 79.9. The predicted molar refractivity (Wildman–Crippen MR) is 104 cm³/mol. The molecule has 0 radical (unpaired) electrons. The van der Waals surface area contributed by atoms with Gasteiger partial charge in [0.2, 0.25) is 0 Å². The van der Waals surface area contributed by atoms with Gasteiger partial charge in [-0.25, -0.2) is 0 Å². The summed E-state index contributed by atoms with van der Waals surface area (Å²) >= 11 is 6.58. The number of ether oxygens (including phenoxy) is 1. The zero-order valence-corrected chi connectivity index (χ0v) is 17.0. The first kappa shape index (κ1) is 18.5. The predicted octanol–water partition coefficient (Wildman–Crippen LogP) is 4.04. The fourth-order valence-electron chi connectivity index (χ4n) is 2.65. The summed E-state index contributed by atoms with van der Waals surface area (Å²) in [7, 11) is 0. The SMILES string of the molecule is Cc1cc(Br)ccc1SCC(=O)OCC(=O)N1CCc2sccc2C1. The first-order valence-corrected chi connectivity index (χ1v) is 10.6. The Morgan fingerprint density at radius 3 is 3.00 bits per heavy atom. The molecule has 0 saturated carbocycles. The molecule has 0 atom stereocenters. The largest absolute Gasteiger partial charge is 0.455 e. The van der Waals surface area contributed by atoms with E-state index in [0.717, 1.165) is 21.4 Å². The number of esters is 1. The van der Waals surface area contributed by atoms with Crippen LogP contribution in [-0.4, -0.2) is 35.7 Å². The van der Waals surface area contributed by atoms with E-state index >= 15 is 0 Å². The van der Waals surface area contributed by atoms with Crippen LogP contribution in [0.3, 0.4) is 0 Å². The van der Waals surface area contributed by atoms with Crippen molar-refractivity contribution in [2.24, 2.45) is 0 Å². The number of hydrogen-bond donors (Lipinski definition) is 0. The standard InChI is InChI=1S/C18H18BrNO3S2/c1-12-8-14(19)2-3-15(12)25-11-18(22)23-10-17(21)20-6-4-16-13(9-20)5-7-24-16/h2-3,5,7-8H,4,6,9-11H2,1H3. The molecule has 132 valence electrons. The molecular weight excluding hydrogens is 422 g/mol. The van der Waals surface area contributed by atoms with Crippen molar-refractivity contribution in [1.82, 2.24) is 4.90 Å². The number of nitrogens with zero attached hydrogens (tertiary/aromatic N) is 1. The van der Waals surface area contributed by atoms with Crippen LogP contribution in [0, 0.1) is 6.92 Å². The number of thioether (sulfide) groups is 1. The summed E-state index contributed by atoms with van der Waals surface area (Å²) in [6.45, 7) is 3.12. The van der Waals surface area contributed by atoms with E-state index in [2.05, 4.69) is 27.4 Å². The van der Waals surface area contributed by atoms with Gasteiger partial charge in [0.15, 0.2) is 6.61 Å². The number of thiophene rings is 1. The maximum absolute atomic E-state index is 12.2. The molecule has 4 nitrogen and oxygen atoms in total. The number of carbonyl (C=O) groups is 2. The second-order valence-electron chi connectivity index (χ2n) is 5.79. The number of carbonyl (C=O) groups excluding carboxylic acids is 2. The summed E-state index contributed by atoms with van der Waals surface area (Å²) in [5.74, 6) is -0.298. The van der Waals surface area contributed by atoms with E-state index in [0.29, 0.717) is 13.1 Å². The number of aryl methyl sites for hydroxylation is 1. The molecule has 1 aliphatic rings. The van der Waals surface area contributed by atoms with Crippen LogP contribution in [0.15, 0.2) is 39.0 Å². The van der Waals surface area contributed by atoms with Crippen molar-refractivity contribution >= 4 is 50.9 Å². The monoisotopic (exact) mass is 439 g/mol. The molecule has 3 rings (SSSR count). The molecule has 0 bridgehead atoms. The van der Waals surface area contributed by atoms with Crippen molar-refractivity contribution in [1.29, 1.82) is 0 Å². The maximum Gasteiger partial charge on any atom is 0.316 e. The van der Waals surface area contributed by atoms with Gasteiger partial charge in [-0.1, -0.05) is 15.9 Å². The van der Waals surface area contributed by atoms with Crippen LogP contribution >= 0.6 is 39.0 Å². The zero-order chi connectivity index (χ0) is 17.8. The number of rotatable bonds is 5. The van der Waals surface area contributed by atoms with Gasteiger partial charge < -0.3 is 9.64 Å². The summed E-state index contributed by atoms with van der Waals surface area (Å²) in [6, 6.07) is 7.98. The number of fused-ring (bicyclic) bond motifs is 1. The Balaban J connectivity index is 1.44. The Morgan fingerprint density at radius 2 is 2.20 bits per heavy atom. The molecule has 2 heterocycles. The van der Waals surface area contributed by atoms with Crippen molar-refractivity contribution in [2.45, 2.75) is 24.8 Å². The molecule has 0 aliphatic carbocycles. The third-order valence-corrected chi connectivity index (χ3v) is 6.66. The van der Waals surface area contributed by atoms with Crippen LogP contribution in [0.1, 0.15) is 16.0 Å². The molecule has 0 unspecified atom stereocenters. The maximum atomic E-state index is 12.2. The average Bonchev–Trinajstić information content (AvgIpc) is 3.06. The topological polar surface area (TPSA) is 46.6 Å². The highest BCUT2D eigenvalue weighted by Crippen LogP contribution is 2.26. The van der Waals surface area contributed by atoms with Gasteiger partial charge in [0, 0.05) is 27.3 Å². The average molecular weight is 440 g/mol. The van der Waals surface area contributed by atoms with E-state index in [4.69, 9.17) is 4.74 Å². The van der Waals surface area contributed by atoms with Gasteiger partial charge in [-0.15, -0.1) is 23.1 Å². The third kappa shape index (κ3) is 4.86. The minimum atomic E-state index is -0.367. The highest BCUT2D eigenvalue weighted by Gasteiger charge is 2.22. The Hall–Kier alpha value is -1.31. The van der Waals surface area contributed by atoms with E-state index < -0.39 is 0 Å². The number of hydrogen-bond acceptors (Lipinski definition) is 5. The molecule has 1 aromatic carbocycles. The lowest BCUT2D eigenvalue weighted by atomic mass is 10.1. The van der Waals surface area contributed by atoms with Crippen LogP contribution in [0.25, 0.3) is 0 Å². The van der Waals surface area contributed by atoms with Gasteiger partial charge in [-0.2, -0.15) is 0 Å². The number of benzene rings is 1. The fraction of sp³-hybridized carbons (Fsp3) is 0.333. The van der Waals surface area contributed by atoms with E-state index in [9.17, 15) is 9.59 Å². The van der Waals surface area contributed by atoms with Gasteiger partial charge in [0.25, 0.3) is 5.91 Å². The Morgan fingerprint density at radius 1 is 1.36 bits per heavy atom. The molecule has 0 saturated heterocycles. The summed E-state index contributed by atoms with van der Waals surface area (Å²) in [5.41, 5.74) is 2.31. The molecule has 25 heavy (non-hydrogen) atoms. The molecule has 1 aromatic heterocycles. The molecule has 1 amide bonds. The lowest BCUT2D eigenvalue weighted by Crippen LogP contribution is -2.38. The van der Waals surface area contributed by atoms with Gasteiger partial charge >= 0.3 is 5.97 Å². The number of halogens is 1. The second kappa shape index (κ2) is 8.38. The van der Waals surface area contributed by atoms with Crippen LogP contribution in [-0.2, 0) is 27.3 Å². The smallest absolute Gasteiger partial charge is 0.316 e. The summed E-state index contributed by atoms with van der Waals surface area (Å²) in [6.07, 6.45) is 0.880. The van der Waals surface area contributed by atoms with Crippen LogP contribution in [0.2, 0.25) is 0 Å². The van der Waals surface area contributed by atoms with Crippen LogP contribution in [0.5, 0.6) is 0 Å². The van der Waals surface area contributed by atoms with Gasteiger partial charge in [-0.05, 0) is 54.1 Å². The molecule has 7 heteroatoms. The van der Waals surface area contributed by atoms with Crippen LogP contribution in [0.4, 0.5) is 0 Å². The first-order chi connectivity index (χ1) is 12.0. The van der Waals surface area contributed by atoms with Crippen molar-refractivity contribution < 1.29 is 14.3 Å². The van der Waals surface area contributed by atoms with E-state index in [1.807, 2.05) is 25.1 Å².